The third kappa shape index (κ3) is 6.28. The lowest BCUT2D eigenvalue weighted by Gasteiger charge is -2.29. The molecule has 8 heteroatoms. The molecule has 0 spiro atoms. The van der Waals surface area contributed by atoms with Crippen molar-refractivity contribution < 1.29 is 18.3 Å². The van der Waals surface area contributed by atoms with E-state index in [0.29, 0.717) is 57.4 Å². The Morgan fingerprint density at radius 3 is 2.18 bits per heavy atom. The lowest BCUT2D eigenvalue weighted by Crippen LogP contribution is -2.34. The molecule has 7 nitrogen and oxygen atoms in total. The average Bonchev–Trinajstić information content (AvgIpc) is 2.95. The Morgan fingerprint density at radius 1 is 0.949 bits per heavy atom. The molecule has 3 aromatic rings. The van der Waals surface area contributed by atoms with E-state index in [2.05, 4.69) is 4.98 Å². The maximum atomic E-state index is 13.9. The number of aryl methyl sites for hydroxylation is 3. The van der Waals surface area contributed by atoms with Gasteiger partial charge in [-0.1, -0.05) is 75.7 Å². The first kappa shape index (κ1) is 29.0. The highest BCUT2D eigenvalue weighted by Gasteiger charge is 2.38. The predicted molar refractivity (Wildman–Crippen MR) is 153 cm³/mol. The van der Waals surface area contributed by atoms with Crippen LogP contribution >= 0.6 is 0 Å². The van der Waals surface area contributed by atoms with Crippen LogP contribution in [0.25, 0.3) is 5.69 Å². The lowest BCUT2D eigenvalue weighted by molar-refractivity contribution is 0.0174. The Morgan fingerprint density at radius 2 is 1.59 bits per heavy atom. The summed E-state index contributed by atoms with van der Waals surface area (Å²) in [7, 11) is -4.12. The van der Waals surface area contributed by atoms with Crippen LogP contribution in [0.2, 0.25) is 0 Å². The minimum Gasteiger partial charge on any atom is -0.493 e. The summed E-state index contributed by atoms with van der Waals surface area (Å²) in [5, 5.41) is 10.8. The van der Waals surface area contributed by atoms with Crippen LogP contribution in [0, 0.1) is 0 Å². The molecule has 0 bridgehead atoms. The maximum absolute atomic E-state index is 13.9. The van der Waals surface area contributed by atoms with Crippen molar-refractivity contribution in [1.82, 2.24) is 9.55 Å². The van der Waals surface area contributed by atoms with Crippen molar-refractivity contribution in [2.24, 2.45) is 0 Å². The van der Waals surface area contributed by atoms with Crippen LogP contribution < -0.4 is 5.56 Å². The number of rotatable bonds is 11. The first-order valence-electron chi connectivity index (χ1n) is 14.2. The van der Waals surface area contributed by atoms with Crippen LogP contribution in [0.4, 0.5) is 0 Å². The molecule has 0 saturated heterocycles. The molecule has 1 aliphatic rings. The van der Waals surface area contributed by atoms with Gasteiger partial charge < -0.3 is 9.84 Å². The van der Waals surface area contributed by atoms with Crippen molar-refractivity contribution in [1.29, 1.82) is 0 Å². The minimum atomic E-state index is -4.12. The Bertz CT molecular complexity index is 1400. The van der Waals surface area contributed by atoms with Gasteiger partial charge in [-0.2, -0.15) is 4.98 Å². The standard InChI is InChI=1S/C31H40N2O5S/c1-4-7-16-27-32-30(34)29(31(35)33(27)28-23(5-2)14-11-15-24(28)6-3)39(36,37)26-19-17-25(18-20-26)38-21-22-12-9-8-10-13-22/h8-15,25-26,35H,4-7,16-21H2,1-3H3/t25-,26+. The van der Waals surface area contributed by atoms with Gasteiger partial charge in [-0.3, -0.25) is 9.36 Å². The first-order chi connectivity index (χ1) is 18.8. The van der Waals surface area contributed by atoms with Gasteiger partial charge in [0, 0.05) is 6.42 Å². The number of hydrogen-bond acceptors (Lipinski definition) is 6. The molecule has 0 radical (unpaired) electrons. The second kappa shape index (κ2) is 12.9. The predicted octanol–water partition coefficient (Wildman–Crippen LogP) is 5.71. The highest BCUT2D eigenvalue weighted by atomic mass is 32.2. The van der Waals surface area contributed by atoms with Crippen LogP contribution in [0.5, 0.6) is 5.88 Å². The van der Waals surface area contributed by atoms with Gasteiger partial charge in [0.1, 0.15) is 5.82 Å². The van der Waals surface area contributed by atoms with Crippen molar-refractivity contribution in [3.63, 3.8) is 0 Å². The average molecular weight is 553 g/mol. The van der Waals surface area contributed by atoms with Crippen molar-refractivity contribution >= 4 is 9.84 Å². The smallest absolute Gasteiger partial charge is 0.295 e. The molecule has 39 heavy (non-hydrogen) atoms. The molecule has 0 amide bonds. The second-order valence-electron chi connectivity index (χ2n) is 10.3. The Labute approximate surface area is 231 Å². The zero-order chi connectivity index (χ0) is 28.0. The van der Waals surface area contributed by atoms with E-state index in [0.717, 1.165) is 35.2 Å². The fourth-order valence-electron chi connectivity index (χ4n) is 5.49. The molecule has 1 N–H and O–H groups in total. The van der Waals surface area contributed by atoms with Crippen LogP contribution in [-0.4, -0.2) is 34.4 Å². The zero-order valence-corrected chi connectivity index (χ0v) is 24.0. The Balaban J connectivity index is 1.68. The number of para-hydroxylation sites is 1. The van der Waals surface area contributed by atoms with Crippen LogP contribution in [0.1, 0.15) is 81.8 Å². The Hall–Kier alpha value is -2.97. The van der Waals surface area contributed by atoms with E-state index in [-0.39, 0.29) is 6.10 Å². The number of sulfone groups is 1. The molecule has 1 saturated carbocycles. The van der Waals surface area contributed by atoms with Crippen LogP contribution in [-0.2, 0) is 40.4 Å². The SMILES string of the molecule is CCCCc1nc(=O)c(S(=O)(=O)[C@H]2CC[C@@H](OCc3ccccc3)CC2)c(O)n1-c1c(CC)cccc1CC. The largest absolute Gasteiger partial charge is 0.493 e. The molecule has 0 aliphatic heterocycles. The third-order valence-corrected chi connectivity index (χ3v) is 9.99. The summed E-state index contributed by atoms with van der Waals surface area (Å²) >= 11 is 0. The summed E-state index contributed by atoms with van der Waals surface area (Å²) < 4.78 is 35.3. The van der Waals surface area contributed by atoms with Gasteiger partial charge in [0.25, 0.3) is 5.56 Å². The summed E-state index contributed by atoms with van der Waals surface area (Å²) in [4.78, 5) is 16.9. The highest BCUT2D eigenvalue weighted by Crippen LogP contribution is 2.35. The number of aromatic nitrogens is 2. The number of nitrogens with zero attached hydrogens (tertiary/aromatic N) is 2. The highest BCUT2D eigenvalue weighted by molar-refractivity contribution is 7.92. The first-order valence-corrected chi connectivity index (χ1v) is 15.7. The summed E-state index contributed by atoms with van der Waals surface area (Å²) in [6.07, 6.45) is 5.33. The monoisotopic (exact) mass is 552 g/mol. The number of unbranched alkanes of at least 4 members (excludes halogenated alkanes) is 1. The van der Waals surface area contributed by atoms with E-state index in [1.165, 1.54) is 4.57 Å². The number of hydrogen-bond donors (Lipinski definition) is 1. The van der Waals surface area contributed by atoms with Gasteiger partial charge in [-0.25, -0.2) is 8.42 Å². The van der Waals surface area contributed by atoms with E-state index in [9.17, 15) is 18.3 Å². The van der Waals surface area contributed by atoms with Crippen LogP contribution in [0.3, 0.4) is 0 Å². The summed E-state index contributed by atoms with van der Waals surface area (Å²) in [5.41, 5.74) is 2.86. The molecule has 1 aliphatic carbocycles. The van der Waals surface area contributed by atoms with Gasteiger partial charge >= 0.3 is 0 Å². The molecule has 1 aromatic heterocycles. The summed E-state index contributed by atoms with van der Waals surface area (Å²) in [6, 6.07) is 15.8. The van der Waals surface area contributed by atoms with Gasteiger partial charge in [-0.15, -0.1) is 0 Å². The maximum Gasteiger partial charge on any atom is 0.295 e. The molecular weight excluding hydrogens is 512 g/mol. The number of benzene rings is 2. The molecule has 210 valence electrons. The molecule has 1 fully saturated rings. The second-order valence-corrected chi connectivity index (χ2v) is 12.5. The molecule has 2 aromatic carbocycles. The molecule has 4 rings (SSSR count). The topological polar surface area (TPSA) is 98.5 Å². The number of ether oxygens (including phenoxy) is 1. The molecule has 0 atom stereocenters. The van der Waals surface area contributed by atoms with Gasteiger partial charge in [0.2, 0.25) is 5.88 Å². The minimum absolute atomic E-state index is 0.0417. The summed E-state index contributed by atoms with van der Waals surface area (Å²) in [5.74, 6) is -0.119. The van der Waals surface area contributed by atoms with E-state index < -0.39 is 31.4 Å². The van der Waals surface area contributed by atoms with Crippen molar-refractivity contribution in [3.8, 4) is 11.6 Å². The molecule has 1 heterocycles. The Kier molecular flexibility index (Phi) is 9.62. The zero-order valence-electron chi connectivity index (χ0n) is 23.2. The summed E-state index contributed by atoms with van der Waals surface area (Å²) in [6.45, 7) is 6.56. The van der Waals surface area contributed by atoms with Gasteiger partial charge in [0.05, 0.1) is 23.6 Å². The van der Waals surface area contributed by atoms with Crippen molar-refractivity contribution in [2.45, 2.75) is 101 Å². The lowest BCUT2D eigenvalue weighted by atomic mass is 9.97. The van der Waals surface area contributed by atoms with Gasteiger partial charge in [0.15, 0.2) is 14.7 Å². The fourth-order valence-corrected chi connectivity index (χ4v) is 7.35. The van der Waals surface area contributed by atoms with E-state index in [1.807, 2.05) is 69.3 Å². The normalized spacial score (nSPS) is 17.8. The van der Waals surface area contributed by atoms with Gasteiger partial charge in [-0.05, 0) is 61.6 Å². The van der Waals surface area contributed by atoms with Crippen molar-refractivity contribution in [3.05, 3.63) is 81.4 Å². The van der Waals surface area contributed by atoms with E-state index >= 15 is 0 Å². The van der Waals surface area contributed by atoms with Crippen molar-refractivity contribution in [2.75, 3.05) is 0 Å². The third-order valence-electron chi connectivity index (χ3n) is 7.71. The molecule has 0 unspecified atom stereocenters. The van der Waals surface area contributed by atoms with E-state index in [4.69, 9.17) is 4.74 Å². The quantitative estimate of drug-likeness (QED) is 0.327. The fraction of sp³-hybridized carbons (Fsp3) is 0.484. The molecular formula is C31H40N2O5S. The van der Waals surface area contributed by atoms with Crippen LogP contribution in [0.15, 0.2) is 58.2 Å². The van der Waals surface area contributed by atoms with E-state index in [1.54, 1.807) is 0 Å². The number of aromatic hydroxyl groups is 1.